The number of likely N-dealkylation sites (N-methyl/N-ethyl adjacent to an activating group) is 1. The van der Waals surface area contributed by atoms with Crippen molar-refractivity contribution in [1.29, 1.82) is 0 Å². The van der Waals surface area contributed by atoms with Gasteiger partial charge in [-0.1, -0.05) is 57.9 Å². The van der Waals surface area contributed by atoms with Crippen LogP contribution in [0, 0.1) is 0 Å². The summed E-state index contributed by atoms with van der Waals surface area (Å²) in [6.45, 7) is 0.0626. The molecule has 2 rings (SSSR count). The summed E-state index contributed by atoms with van der Waals surface area (Å²) in [6, 6.07) is 12.7. The number of carbonyl (C=O) groups excluding carboxylic acids is 1. The van der Waals surface area contributed by atoms with Gasteiger partial charge in [0.1, 0.15) is 6.61 Å². The molecule has 2 aromatic rings. The van der Waals surface area contributed by atoms with Crippen LogP contribution in [0.25, 0.3) is 0 Å². The van der Waals surface area contributed by atoms with E-state index in [9.17, 15) is 14.7 Å². The zero-order chi connectivity index (χ0) is 17.7. The molecule has 7 heteroatoms. The Balaban J connectivity index is 2.16. The molecule has 0 fully saturated rings. The van der Waals surface area contributed by atoms with E-state index in [-0.39, 0.29) is 6.61 Å². The van der Waals surface area contributed by atoms with E-state index in [4.69, 9.17) is 16.3 Å². The Bertz CT molecular complexity index is 739. The predicted molar refractivity (Wildman–Crippen MR) is 93.9 cm³/mol. The first-order chi connectivity index (χ1) is 11.4. The SMILES string of the molecule is CN(C(=O)OCc1ccccc1)C(C(=O)O)c1cc(Cl)ccc1Br. The van der Waals surface area contributed by atoms with Gasteiger partial charge in [-0.15, -0.1) is 0 Å². The van der Waals surface area contributed by atoms with Crippen molar-refractivity contribution in [1.82, 2.24) is 4.90 Å². The third kappa shape index (κ3) is 4.49. The van der Waals surface area contributed by atoms with Crippen LogP contribution in [0.1, 0.15) is 17.2 Å². The van der Waals surface area contributed by atoms with E-state index in [0.717, 1.165) is 10.5 Å². The molecule has 0 saturated carbocycles. The van der Waals surface area contributed by atoms with Crippen LogP contribution in [-0.2, 0) is 16.1 Å². The minimum Gasteiger partial charge on any atom is -0.479 e. The molecule has 0 spiro atoms. The monoisotopic (exact) mass is 411 g/mol. The van der Waals surface area contributed by atoms with Gasteiger partial charge in [-0.05, 0) is 23.8 Å². The van der Waals surface area contributed by atoms with Crippen molar-refractivity contribution in [3.05, 3.63) is 69.2 Å². The Hall–Kier alpha value is -2.05. The summed E-state index contributed by atoms with van der Waals surface area (Å²) in [5, 5.41) is 9.91. The lowest BCUT2D eigenvalue weighted by Crippen LogP contribution is -2.36. The number of hydrogen-bond donors (Lipinski definition) is 1. The minimum absolute atomic E-state index is 0.0626. The minimum atomic E-state index is -1.22. The first-order valence-electron chi connectivity index (χ1n) is 7.01. The third-order valence-electron chi connectivity index (χ3n) is 3.37. The van der Waals surface area contributed by atoms with Crippen LogP contribution >= 0.6 is 27.5 Å². The summed E-state index contributed by atoms with van der Waals surface area (Å²) in [5.74, 6) is -1.18. The topological polar surface area (TPSA) is 66.8 Å². The van der Waals surface area contributed by atoms with Crippen molar-refractivity contribution >= 4 is 39.6 Å². The second kappa shape index (κ2) is 8.17. The number of carbonyl (C=O) groups is 2. The number of aliphatic carboxylic acids is 1. The maximum absolute atomic E-state index is 12.2. The lowest BCUT2D eigenvalue weighted by Gasteiger charge is -2.25. The second-order valence-corrected chi connectivity index (χ2v) is 6.35. The molecule has 0 aliphatic rings. The molecule has 2 aromatic carbocycles. The molecule has 0 heterocycles. The van der Waals surface area contributed by atoms with Crippen molar-refractivity contribution in [2.75, 3.05) is 7.05 Å². The maximum atomic E-state index is 12.2. The molecule has 0 saturated heterocycles. The van der Waals surface area contributed by atoms with Gasteiger partial charge in [0.25, 0.3) is 0 Å². The number of carboxylic acids is 1. The van der Waals surface area contributed by atoms with Crippen molar-refractivity contribution in [3.63, 3.8) is 0 Å². The number of benzene rings is 2. The molecule has 1 atom stereocenters. The van der Waals surface area contributed by atoms with E-state index < -0.39 is 18.1 Å². The molecule has 126 valence electrons. The van der Waals surface area contributed by atoms with Gasteiger partial charge in [0.2, 0.25) is 0 Å². The summed E-state index contributed by atoms with van der Waals surface area (Å²) in [5.41, 5.74) is 1.18. The number of hydrogen-bond acceptors (Lipinski definition) is 3. The van der Waals surface area contributed by atoms with Crippen molar-refractivity contribution in [2.45, 2.75) is 12.6 Å². The molecule has 0 aromatic heterocycles. The number of rotatable bonds is 5. The van der Waals surface area contributed by atoms with E-state index in [1.165, 1.54) is 13.1 Å². The van der Waals surface area contributed by atoms with E-state index in [1.807, 2.05) is 30.3 Å². The zero-order valence-electron chi connectivity index (χ0n) is 12.8. The van der Waals surface area contributed by atoms with Crippen molar-refractivity contribution in [3.8, 4) is 0 Å². The molecule has 0 aliphatic carbocycles. The van der Waals surface area contributed by atoms with E-state index in [0.29, 0.717) is 15.1 Å². The van der Waals surface area contributed by atoms with E-state index in [2.05, 4.69) is 15.9 Å². The third-order valence-corrected chi connectivity index (χ3v) is 4.32. The Labute approximate surface area is 152 Å². The first kappa shape index (κ1) is 18.3. The molecule has 1 N–H and O–H groups in total. The summed E-state index contributed by atoms with van der Waals surface area (Å²) in [4.78, 5) is 24.9. The average Bonchev–Trinajstić information content (AvgIpc) is 2.56. The van der Waals surface area contributed by atoms with Gasteiger partial charge < -0.3 is 9.84 Å². The Kier molecular flexibility index (Phi) is 6.23. The molecule has 0 aliphatic heterocycles. The summed E-state index contributed by atoms with van der Waals surface area (Å²) < 4.78 is 5.73. The van der Waals surface area contributed by atoms with Crippen LogP contribution in [0.15, 0.2) is 53.0 Å². The molecule has 0 radical (unpaired) electrons. The number of ether oxygens (including phenoxy) is 1. The number of carboxylic acid groups (broad SMARTS) is 1. The molecule has 1 amide bonds. The van der Waals surface area contributed by atoms with Crippen LogP contribution in [0.5, 0.6) is 0 Å². The quantitative estimate of drug-likeness (QED) is 0.785. The fourth-order valence-corrected chi connectivity index (χ4v) is 2.80. The highest BCUT2D eigenvalue weighted by molar-refractivity contribution is 9.10. The van der Waals surface area contributed by atoms with Gasteiger partial charge >= 0.3 is 12.1 Å². The van der Waals surface area contributed by atoms with Crippen LogP contribution in [0.2, 0.25) is 5.02 Å². The van der Waals surface area contributed by atoms with Crippen LogP contribution in [-0.4, -0.2) is 29.1 Å². The summed E-state index contributed by atoms with van der Waals surface area (Å²) in [7, 11) is 1.37. The van der Waals surface area contributed by atoms with Crippen LogP contribution in [0.4, 0.5) is 4.79 Å². The first-order valence-corrected chi connectivity index (χ1v) is 8.18. The second-order valence-electron chi connectivity index (χ2n) is 5.06. The molecule has 1 unspecified atom stereocenters. The Morgan fingerprint density at radius 3 is 2.54 bits per heavy atom. The molecule has 5 nitrogen and oxygen atoms in total. The standard InChI is InChI=1S/C17H15BrClNO4/c1-20(17(23)24-10-11-5-3-2-4-6-11)15(16(21)22)13-9-12(19)7-8-14(13)18/h2-9,15H,10H2,1H3,(H,21,22). The van der Waals surface area contributed by atoms with Gasteiger partial charge in [-0.2, -0.15) is 0 Å². The van der Waals surface area contributed by atoms with E-state index >= 15 is 0 Å². The Morgan fingerprint density at radius 2 is 1.92 bits per heavy atom. The molecule has 0 bridgehead atoms. The fourth-order valence-electron chi connectivity index (χ4n) is 2.16. The average molecular weight is 413 g/mol. The lowest BCUT2D eigenvalue weighted by atomic mass is 10.1. The van der Waals surface area contributed by atoms with Gasteiger partial charge in [0.05, 0.1) is 0 Å². The van der Waals surface area contributed by atoms with Gasteiger partial charge in [-0.25, -0.2) is 9.59 Å². The summed E-state index contributed by atoms with van der Waals surface area (Å²) >= 11 is 9.23. The smallest absolute Gasteiger partial charge is 0.410 e. The van der Waals surface area contributed by atoms with Gasteiger partial charge in [0.15, 0.2) is 6.04 Å². The molecular formula is C17H15BrClNO4. The highest BCUT2D eigenvalue weighted by Crippen LogP contribution is 2.30. The fraction of sp³-hybridized carbons (Fsp3) is 0.176. The number of amides is 1. The Morgan fingerprint density at radius 1 is 1.25 bits per heavy atom. The highest BCUT2D eigenvalue weighted by atomic mass is 79.9. The lowest BCUT2D eigenvalue weighted by molar-refractivity contribution is -0.142. The van der Waals surface area contributed by atoms with Crippen LogP contribution < -0.4 is 0 Å². The number of halogens is 2. The normalized spacial score (nSPS) is 11.6. The summed E-state index contributed by atoms with van der Waals surface area (Å²) in [6.07, 6.45) is -0.738. The van der Waals surface area contributed by atoms with E-state index in [1.54, 1.807) is 12.1 Å². The zero-order valence-corrected chi connectivity index (χ0v) is 15.1. The van der Waals surface area contributed by atoms with Crippen LogP contribution in [0.3, 0.4) is 0 Å². The molecular weight excluding hydrogens is 398 g/mol. The highest BCUT2D eigenvalue weighted by Gasteiger charge is 2.31. The van der Waals surface area contributed by atoms with Gasteiger partial charge in [-0.3, -0.25) is 4.90 Å². The van der Waals surface area contributed by atoms with Crippen molar-refractivity contribution in [2.24, 2.45) is 0 Å². The molecule has 24 heavy (non-hydrogen) atoms. The largest absolute Gasteiger partial charge is 0.479 e. The predicted octanol–water partition coefficient (Wildman–Crippen LogP) is 4.50. The number of nitrogens with zero attached hydrogens (tertiary/aromatic N) is 1. The maximum Gasteiger partial charge on any atom is 0.410 e. The van der Waals surface area contributed by atoms with Crippen molar-refractivity contribution < 1.29 is 19.4 Å². The van der Waals surface area contributed by atoms with Gasteiger partial charge in [0, 0.05) is 22.1 Å².